The van der Waals surface area contributed by atoms with Crippen LogP contribution >= 0.6 is 0 Å². The zero-order valence-corrected chi connectivity index (χ0v) is 19.6. The molecule has 4 aromatic rings. The lowest BCUT2D eigenvalue weighted by molar-refractivity contribution is -0.121. The highest BCUT2D eigenvalue weighted by atomic mass is 16.2. The van der Waals surface area contributed by atoms with Crippen LogP contribution in [-0.4, -0.2) is 39.9 Å². The number of hydrogen-bond acceptors (Lipinski definition) is 4. The molecule has 7 nitrogen and oxygen atoms in total. The zero-order valence-electron chi connectivity index (χ0n) is 19.6. The molecule has 176 valence electrons. The number of carbonyl (C=O) groups is 2. The van der Waals surface area contributed by atoms with E-state index in [9.17, 15) is 9.59 Å². The summed E-state index contributed by atoms with van der Waals surface area (Å²) in [5.41, 5.74) is 6.16. The van der Waals surface area contributed by atoms with Crippen LogP contribution < -0.4 is 10.2 Å². The van der Waals surface area contributed by atoms with E-state index in [0.717, 1.165) is 34.4 Å². The van der Waals surface area contributed by atoms with Crippen molar-refractivity contribution in [1.82, 2.24) is 19.8 Å². The lowest BCUT2D eigenvalue weighted by Crippen LogP contribution is -2.51. The number of aromatic nitrogens is 2. The number of nitrogens with one attached hydrogen (secondary N) is 1. The topological polar surface area (TPSA) is 70.5 Å². The van der Waals surface area contributed by atoms with E-state index in [0.29, 0.717) is 26.1 Å². The largest absolute Gasteiger partial charge is 0.352 e. The minimum atomic E-state index is -0.202. The maximum absolute atomic E-state index is 13.4. The van der Waals surface area contributed by atoms with Gasteiger partial charge in [-0.1, -0.05) is 36.4 Å². The van der Waals surface area contributed by atoms with Crippen LogP contribution in [0, 0.1) is 0 Å². The van der Waals surface area contributed by atoms with Gasteiger partial charge in [0.1, 0.15) is 6.17 Å². The van der Waals surface area contributed by atoms with Crippen molar-refractivity contribution in [3.8, 4) is 0 Å². The molecule has 2 amide bonds. The number of carbonyl (C=O) groups excluding carboxylic acids is 2. The second-order valence-electron chi connectivity index (χ2n) is 9.17. The molecule has 4 heterocycles. The minimum Gasteiger partial charge on any atom is -0.352 e. The van der Waals surface area contributed by atoms with Gasteiger partial charge in [0.25, 0.3) is 5.91 Å². The van der Waals surface area contributed by atoms with E-state index >= 15 is 0 Å². The predicted molar refractivity (Wildman–Crippen MR) is 135 cm³/mol. The number of amides is 2. The highest BCUT2D eigenvalue weighted by molar-refractivity contribution is 6.02. The standard InChI is InChI=1S/C28H27N5O2/c1-31-23-10-4-3-9-22(23)28(35)33-15-12-21-20-8-2-5-11-24(20)32(26(21)27(31)33)16-13-25(34)30-18-19-7-6-14-29-17-19/h2-11,14,17,27H,12-13,15-16,18H2,1H3,(H,30,34). The van der Waals surface area contributed by atoms with Crippen LogP contribution in [0.2, 0.25) is 0 Å². The number of benzene rings is 2. The fourth-order valence-corrected chi connectivity index (χ4v) is 5.55. The van der Waals surface area contributed by atoms with E-state index in [2.05, 4.69) is 45.0 Å². The van der Waals surface area contributed by atoms with Gasteiger partial charge in [-0.25, -0.2) is 0 Å². The first-order chi connectivity index (χ1) is 17.1. The molecule has 2 aromatic carbocycles. The summed E-state index contributed by atoms with van der Waals surface area (Å²) in [5.74, 6) is 0.0619. The first-order valence-corrected chi connectivity index (χ1v) is 12.0. The number of pyridine rings is 1. The smallest absolute Gasteiger partial charge is 0.257 e. The summed E-state index contributed by atoms with van der Waals surface area (Å²) in [5, 5.41) is 4.21. The van der Waals surface area contributed by atoms with Crippen molar-refractivity contribution in [2.24, 2.45) is 0 Å². The molecule has 0 radical (unpaired) electrons. The second kappa shape index (κ2) is 8.58. The summed E-state index contributed by atoms with van der Waals surface area (Å²) in [6, 6.07) is 20.0. The van der Waals surface area contributed by atoms with Gasteiger partial charge >= 0.3 is 0 Å². The van der Waals surface area contributed by atoms with Crippen molar-refractivity contribution in [1.29, 1.82) is 0 Å². The van der Waals surface area contributed by atoms with Crippen LogP contribution in [0.4, 0.5) is 5.69 Å². The van der Waals surface area contributed by atoms with E-state index in [1.807, 2.05) is 47.4 Å². The first-order valence-electron chi connectivity index (χ1n) is 12.0. The van der Waals surface area contributed by atoms with Gasteiger partial charge in [0.05, 0.1) is 16.9 Å². The summed E-state index contributed by atoms with van der Waals surface area (Å²) >= 11 is 0. The molecule has 35 heavy (non-hydrogen) atoms. The van der Waals surface area contributed by atoms with Crippen LogP contribution in [0.1, 0.15) is 39.8 Å². The van der Waals surface area contributed by atoms with E-state index in [4.69, 9.17) is 0 Å². The fraction of sp³-hybridized carbons (Fsp3) is 0.250. The van der Waals surface area contributed by atoms with Crippen molar-refractivity contribution >= 4 is 28.4 Å². The average molecular weight is 466 g/mol. The number of para-hydroxylation sites is 2. The van der Waals surface area contributed by atoms with Crippen molar-refractivity contribution < 1.29 is 9.59 Å². The highest BCUT2D eigenvalue weighted by Crippen LogP contribution is 2.44. The molecule has 2 aliphatic heterocycles. The van der Waals surface area contributed by atoms with E-state index in [1.54, 1.807) is 12.4 Å². The lowest BCUT2D eigenvalue weighted by Gasteiger charge is -2.46. The van der Waals surface area contributed by atoms with Gasteiger partial charge in [-0.3, -0.25) is 14.6 Å². The lowest BCUT2D eigenvalue weighted by atomic mass is 9.96. The third-order valence-electron chi connectivity index (χ3n) is 7.18. The molecule has 6 rings (SSSR count). The molecular weight excluding hydrogens is 438 g/mol. The summed E-state index contributed by atoms with van der Waals surface area (Å²) in [4.78, 5) is 34.5. The average Bonchev–Trinajstić information content (AvgIpc) is 3.23. The molecule has 0 fully saturated rings. The third kappa shape index (κ3) is 3.55. The Morgan fingerprint density at radius 2 is 1.91 bits per heavy atom. The van der Waals surface area contributed by atoms with Crippen molar-refractivity contribution in [2.75, 3.05) is 18.5 Å². The summed E-state index contributed by atoms with van der Waals surface area (Å²) in [6.45, 7) is 1.68. The molecule has 0 aliphatic carbocycles. The Hall–Kier alpha value is -4.13. The van der Waals surface area contributed by atoms with Crippen molar-refractivity contribution in [3.05, 3.63) is 95.4 Å². The molecular formula is C28H27N5O2. The Kier molecular flexibility index (Phi) is 5.25. The van der Waals surface area contributed by atoms with Gasteiger partial charge in [-0.15, -0.1) is 0 Å². The summed E-state index contributed by atoms with van der Waals surface area (Å²) < 4.78 is 2.25. The molecule has 0 saturated carbocycles. The van der Waals surface area contributed by atoms with Gasteiger partial charge in [-0.05, 0) is 41.8 Å². The van der Waals surface area contributed by atoms with Crippen LogP contribution in [-0.2, 0) is 24.3 Å². The maximum atomic E-state index is 13.4. The summed E-state index contributed by atoms with van der Waals surface area (Å²) in [7, 11) is 2.06. The van der Waals surface area contributed by atoms with Gasteiger partial charge in [0.15, 0.2) is 0 Å². The zero-order chi connectivity index (χ0) is 23.9. The van der Waals surface area contributed by atoms with Gasteiger partial charge in [0, 0.05) is 56.4 Å². The SMILES string of the molecule is CN1c2ccccc2C(=O)N2CCc3c(n(CCC(=O)NCc4cccnc4)c4ccccc34)C21. The summed E-state index contributed by atoms with van der Waals surface area (Å²) in [6.07, 6.45) is 4.44. The molecule has 0 spiro atoms. The Morgan fingerprint density at radius 3 is 2.77 bits per heavy atom. The number of hydrogen-bond donors (Lipinski definition) is 1. The van der Waals surface area contributed by atoms with Crippen molar-refractivity contribution in [2.45, 2.75) is 32.1 Å². The van der Waals surface area contributed by atoms with Crippen LogP contribution in [0.5, 0.6) is 0 Å². The molecule has 1 N–H and O–H groups in total. The Bertz CT molecular complexity index is 1430. The molecule has 2 aliphatic rings. The quantitative estimate of drug-likeness (QED) is 0.486. The number of anilines is 1. The second-order valence-corrected chi connectivity index (χ2v) is 9.17. The van der Waals surface area contributed by atoms with E-state index in [1.165, 1.54) is 10.9 Å². The normalized spacial score (nSPS) is 16.6. The maximum Gasteiger partial charge on any atom is 0.257 e. The van der Waals surface area contributed by atoms with Crippen LogP contribution in [0.15, 0.2) is 73.1 Å². The molecule has 7 heteroatoms. The Balaban J connectivity index is 1.34. The van der Waals surface area contributed by atoms with Crippen LogP contribution in [0.3, 0.4) is 0 Å². The van der Waals surface area contributed by atoms with Gasteiger partial charge in [0.2, 0.25) is 5.91 Å². The molecule has 2 aromatic heterocycles. The number of aryl methyl sites for hydroxylation is 1. The molecule has 0 saturated heterocycles. The fourth-order valence-electron chi connectivity index (χ4n) is 5.55. The Morgan fingerprint density at radius 1 is 1.09 bits per heavy atom. The van der Waals surface area contributed by atoms with Crippen LogP contribution in [0.25, 0.3) is 10.9 Å². The van der Waals surface area contributed by atoms with E-state index < -0.39 is 0 Å². The number of rotatable bonds is 5. The Labute approximate surface area is 204 Å². The first kappa shape index (κ1) is 21.4. The molecule has 1 unspecified atom stereocenters. The number of nitrogens with zero attached hydrogens (tertiary/aromatic N) is 4. The molecule has 1 atom stereocenters. The predicted octanol–water partition coefficient (Wildman–Crippen LogP) is 3.89. The van der Waals surface area contributed by atoms with Gasteiger partial charge < -0.3 is 19.7 Å². The minimum absolute atomic E-state index is 0.00790. The van der Waals surface area contributed by atoms with Crippen molar-refractivity contribution in [3.63, 3.8) is 0 Å². The van der Waals surface area contributed by atoms with E-state index in [-0.39, 0.29) is 18.0 Å². The number of fused-ring (bicyclic) bond motifs is 6. The molecule has 0 bridgehead atoms. The highest BCUT2D eigenvalue weighted by Gasteiger charge is 2.42. The monoisotopic (exact) mass is 465 g/mol. The third-order valence-corrected chi connectivity index (χ3v) is 7.18. The van der Waals surface area contributed by atoms with Gasteiger partial charge in [-0.2, -0.15) is 0 Å².